The molecular weight excluding hydrogens is 180 g/mol. The van der Waals surface area contributed by atoms with E-state index in [-0.39, 0.29) is 11.4 Å². The highest BCUT2D eigenvalue weighted by Crippen LogP contribution is 2.23. The van der Waals surface area contributed by atoms with E-state index >= 15 is 0 Å². The molecule has 0 saturated heterocycles. The van der Waals surface area contributed by atoms with Gasteiger partial charge in [-0.3, -0.25) is 4.79 Å². The summed E-state index contributed by atoms with van der Waals surface area (Å²) >= 11 is 0. The van der Waals surface area contributed by atoms with Crippen molar-refractivity contribution in [2.75, 3.05) is 5.73 Å². The molecule has 0 unspecified atom stereocenters. The van der Waals surface area contributed by atoms with E-state index in [4.69, 9.17) is 11.5 Å². The number of halogens is 2. The second-order valence-corrected chi connectivity index (χ2v) is 2.36. The minimum atomic E-state index is -2.76. The van der Waals surface area contributed by atoms with Crippen LogP contribution in [0.4, 0.5) is 14.6 Å². The normalized spacial score (nSPS) is 10.4. The maximum Gasteiger partial charge on any atom is 0.267 e. The molecule has 1 amide bonds. The molecule has 0 aliphatic heterocycles. The van der Waals surface area contributed by atoms with Gasteiger partial charge in [0.1, 0.15) is 5.82 Å². The molecule has 4 nitrogen and oxygen atoms in total. The summed E-state index contributed by atoms with van der Waals surface area (Å²) < 4.78 is 24.4. The Morgan fingerprint density at radius 3 is 2.62 bits per heavy atom. The Bertz CT molecular complexity index is 341. The van der Waals surface area contributed by atoms with Gasteiger partial charge in [0.15, 0.2) is 0 Å². The van der Waals surface area contributed by atoms with Crippen LogP contribution in [0.25, 0.3) is 0 Å². The van der Waals surface area contributed by atoms with Crippen molar-refractivity contribution in [1.29, 1.82) is 0 Å². The van der Waals surface area contributed by atoms with Crippen molar-refractivity contribution in [3.63, 3.8) is 0 Å². The van der Waals surface area contributed by atoms with Crippen LogP contribution in [0.15, 0.2) is 12.3 Å². The molecule has 1 aromatic rings. The second kappa shape index (κ2) is 3.34. The van der Waals surface area contributed by atoms with Gasteiger partial charge in [0.2, 0.25) is 5.91 Å². The van der Waals surface area contributed by atoms with E-state index in [0.29, 0.717) is 0 Å². The SMILES string of the molecule is NC(=O)c1cnc(N)c(C(F)F)c1. The fourth-order valence-electron chi connectivity index (χ4n) is 0.802. The monoisotopic (exact) mass is 187 g/mol. The number of nitrogen functional groups attached to an aromatic ring is 1. The van der Waals surface area contributed by atoms with Gasteiger partial charge in [-0.15, -0.1) is 0 Å². The Kier molecular flexibility index (Phi) is 2.41. The van der Waals surface area contributed by atoms with Crippen LogP contribution in [0.1, 0.15) is 22.3 Å². The van der Waals surface area contributed by atoms with E-state index in [1.54, 1.807) is 0 Å². The maximum atomic E-state index is 12.2. The topological polar surface area (TPSA) is 82.0 Å². The lowest BCUT2D eigenvalue weighted by Gasteiger charge is -2.04. The average molecular weight is 187 g/mol. The third kappa shape index (κ3) is 1.90. The van der Waals surface area contributed by atoms with E-state index in [9.17, 15) is 13.6 Å². The van der Waals surface area contributed by atoms with Crippen LogP contribution in [0.2, 0.25) is 0 Å². The van der Waals surface area contributed by atoms with Crippen LogP contribution < -0.4 is 11.5 Å². The van der Waals surface area contributed by atoms with Gasteiger partial charge in [-0.05, 0) is 6.07 Å². The lowest BCUT2D eigenvalue weighted by atomic mass is 10.2. The molecule has 0 spiro atoms. The Labute approximate surface area is 72.6 Å². The number of pyridine rings is 1. The lowest BCUT2D eigenvalue weighted by molar-refractivity contribution is 0.0999. The predicted molar refractivity (Wildman–Crippen MR) is 42.1 cm³/mol. The Balaban J connectivity index is 3.19. The molecule has 13 heavy (non-hydrogen) atoms. The molecule has 0 bridgehead atoms. The van der Waals surface area contributed by atoms with Crippen LogP contribution in [0.5, 0.6) is 0 Å². The predicted octanol–water partition coefficient (Wildman–Crippen LogP) is 0.700. The highest BCUT2D eigenvalue weighted by Gasteiger charge is 2.14. The molecule has 1 aromatic heterocycles. The summed E-state index contributed by atoms with van der Waals surface area (Å²) in [6.07, 6.45) is -1.70. The summed E-state index contributed by atoms with van der Waals surface area (Å²) in [5.74, 6) is -1.10. The maximum absolute atomic E-state index is 12.2. The van der Waals surface area contributed by atoms with Crippen molar-refractivity contribution in [2.24, 2.45) is 5.73 Å². The Morgan fingerprint density at radius 2 is 2.15 bits per heavy atom. The van der Waals surface area contributed by atoms with E-state index in [1.165, 1.54) is 0 Å². The number of nitrogens with zero attached hydrogens (tertiary/aromatic N) is 1. The summed E-state index contributed by atoms with van der Waals surface area (Å²) in [5, 5.41) is 0. The van der Waals surface area contributed by atoms with Crippen molar-refractivity contribution >= 4 is 11.7 Å². The number of hydrogen-bond acceptors (Lipinski definition) is 3. The first-order valence-electron chi connectivity index (χ1n) is 3.35. The number of anilines is 1. The number of hydrogen-bond donors (Lipinski definition) is 2. The van der Waals surface area contributed by atoms with Gasteiger partial charge in [-0.1, -0.05) is 0 Å². The summed E-state index contributed by atoms with van der Waals surface area (Å²) in [6.45, 7) is 0. The molecule has 6 heteroatoms. The molecule has 1 rings (SSSR count). The molecule has 70 valence electrons. The van der Waals surface area contributed by atoms with Gasteiger partial charge in [0.05, 0.1) is 11.1 Å². The number of aromatic nitrogens is 1. The van der Waals surface area contributed by atoms with Crippen LogP contribution in [-0.4, -0.2) is 10.9 Å². The summed E-state index contributed by atoms with van der Waals surface area (Å²) in [4.78, 5) is 14.0. The van der Waals surface area contributed by atoms with Crippen molar-refractivity contribution in [3.05, 3.63) is 23.4 Å². The summed E-state index contributed by atoms with van der Waals surface area (Å²) in [5.41, 5.74) is 9.46. The van der Waals surface area contributed by atoms with Crippen LogP contribution in [0.3, 0.4) is 0 Å². The second-order valence-electron chi connectivity index (χ2n) is 2.36. The van der Waals surface area contributed by atoms with Gasteiger partial charge >= 0.3 is 0 Å². The van der Waals surface area contributed by atoms with Gasteiger partial charge in [-0.25, -0.2) is 13.8 Å². The smallest absolute Gasteiger partial charge is 0.267 e. The number of alkyl halides is 2. The van der Waals surface area contributed by atoms with Crippen molar-refractivity contribution in [2.45, 2.75) is 6.43 Å². The highest BCUT2D eigenvalue weighted by molar-refractivity contribution is 5.92. The zero-order valence-corrected chi connectivity index (χ0v) is 6.50. The zero-order valence-electron chi connectivity index (χ0n) is 6.50. The third-order valence-electron chi connectivity index (χ3n) is 1.47. The van der Waals surface area contributed by atoms with Gasteiger partial charge in [0, 0.05) is 6.20 Å². The average Bonchev–Trinajstić information content (AvgIpc) is 2.04. The van der Waals surface area contributed by atoms with Gasteiger partial charge in [-0.2, -0.15) is 0 Å². The molecular formula is C7H7F2N3O. The fourth-order valence-corrected chi connectivity index (χ4v) is 0.802. The van der Waals surface area contributed by atoms with Crippen molar-refractivity contribution in [3.8, 4) is 0 Å². The van der Waals surface area contributed by atoms with Crippen molar-refractivity contribution in [1.82, 2.24) is 4.98 Å². The molecule has 0 fully saturated rings. The fraction of sp³-hybridized carbons (Fsp3) is 0.143. The minimum absolute atomic E-state index is 0.0792. The molecule has 1 heterocycles. The number of rotatable bonds is 2. The van der Waals surface area contributed by atoms with E-state index < -0.39 is 17.9 Å². The van der Waals surface area contributed by atoms with E-state index in [1.807, 2.05) is 0 Å². The quantitative estimate of drug-likeness (QED) is 0.714. The Hall–Kier alpha value is -1.72. The lowest BCUT2D eigenvalue weighted by Crippen LogP contribution is -2.12. The number of primary amides is 1. The molecule has 0 aliphatic rings. The first-order chi connectivity index (χ1) is 6.02. The molecule has 0 aromatic carbocycles. The molecule has 0 saturated carbocycles. The van der Waals surface area contributed by atoms with Crippen LogP contribution >= 0.6 is 0 Å². The number of carbonyl (C=O) groups is 1. The third-order valence-corrected chi connectivity index (χ3v) is 1.47. The largest absolute Gasteiger partial charge is 0.383 e. The molecule has 0 radical (unpaired) electrons. The first kappa shape index (κ1) is 9.37. The van der Waals surface area contributed by atoms with Crippen molar-refractivity contribution < 1.29 is 13.6 Å². The standard InChI is InChI=1S/C7H7F2N3O/c8-5(9)4-1-3(7(11)13)2-12-6(4)10/h1-2,5H,(H2,10,12)(H2,11,13). The summed E-state index contributed by atoms with van der Waals surface area (Å²) in [6, 6.07) is 0.940. The zero-order chi connectivity index (χ0) is 10.0. The van der Waals surface area contributed by atoms with Crippen LogP contribution in [0, 0.1) is 0 Å². The minimum Gasteiger partial charge on any atom is -0.383 e. The van der Waals surface area contributed by atoms with E-state index in [2.05, 4.69) is 4.98 Å². The molecule has 0 aliphatic carbocycles. The van der Waals surface area contributed by atoms with Gasteiger partial charge < -0.3 is 11.5 Å². The number of carbonyl (C=O) groups excluding carboxylic acids is 1. The van der Waals surface area contributed by atoms with E-state index in [0.717, 1.165) is 12.3 Å². The number of amides is 1. The summed E-state index contributed by atoms with van der Waals surface area (Å²) in [7, 11) is 0. The van der Waals surface area contributed by atoms with Crippen LogP contribution in [-0.2, 0) is 0 Å². The molecule has 4 N–H and O–H groups in total. The first-order valence-corrected chi connectivity index (χ1v) is 3.35. The molecule has 0 atom stereocenters. The van der Waals surface area contributed by atoms with Gasteiger partial charge in [0.25, 0.3) is 6.43 Å². The Morgan fingerprint density at radius 1 is 1.54 bits per heavy atom. The number of nitrogens with two attached hydrogens (primary N) is 2. The highest BCUT2D eigenvalue weighted by atomic mass is 19.3.